The van der Waals surface area contributed by atoms with Crippen molar-refractivity contribution in [2.75, 3.05) is 11.9 Å². The molecule has 0 saturated carbocycles. The molecule has 21 heavy (non-hydrogen) atoms. The second kappa shape index (κ2) is 5.92. The zero-order valence-electron chi connectivity index (χ0n) is 11.8. The molecule has 1 heterocycles. The molecule has 1 fully saturated rings. The van der Waals surface area contributed by atoms with Gasteiger partial charge < -0.3 is 15.3 Å². The Kier molecular flexibility index (Phi) is 4.23. The molecule has 4 amide bonds. The number of anilines is 1. The lowest BCUT2D eigenvalue weighted by Gasteiger charge is -2.31. The minimum absolute atomic E-state index is 0.172. The summed E-state index contributed by atoms with van der Waals surface area (Å²) < 4.78 is 0. The number of benzene rings is 1. The van der Waals surface area contributed by atoms with E-state index in [0.717, 1.165) is 4.90 Å². The molecule has 3 N–H and O–H groups in total. The van der Waals surface area contributed by atoms with Crippen LogP contribution in [0.15, 0.2) is 24.3 Å². The fourth-order valence-electron chi connectivity index (χ4n) is 2.03. The van der Waals surface area contributed by atoms with E-state index < -0.39 is 30.0 Å². The molecule has 0 aromatic heterocycles. The molecule has 2 atom stereocenters. The average Bonchev–Trinajstić information content (AvgIpc) is 2.43. The Labute approximate surface area is 121 Å². The van der Waals surface area contributed by atoms with Crippen LogP contribution in [0.5, 0.6) is 0 Å². The Bertz CT molecular complexity index is 585. The highest BCUT2D eigenvalue weighted by Gasteiger charge is 2.33. The first-order chi connectivity index (χ1) is 9.88. The van der Waals surface area contributed by atoms with Gasteiger partial charge >= 0.3 is 6.03 Å². The average molecular weight is 291 g/mol. The van der Waals surface area contributed by atoms with Crippen molar-refractivity contribution in [3.63, 3.8) is 0 Å². The third kappa shape index (κ3) is 3.38. The van der Waals surface area contributed by atoms with Crippen molar-refractivity contribution in [2.45, 2.75) is 26.0 Å². The zero-order chi connectivity index (χ0) is 15.6. The van der Waals surface area contributed by atoms with Crippen LogP contribution in [-0.2, 0) is 9.59 Å². The fraction of sp³-hybridized carbons (Fsp3) is 0.357. The number of urea groups is 1. The van der Waals surface area contributed by atoms with Crippen LogP contribution in [0.1, 0.15) is 25.5 Å². The number of hydrogen-bond donors (Lipinski definition) is 3. The van der Waals surface area contributed by atoms with Crippen molar-refractivity contribution >= 4 is 23.5 Å². The van der Waals surface area contributed by atoms with E-state index in [-0.39, 0.29) is 6.54 Å². The summed E-state index contributed by atoms with van der Waals surface area (Å²) in [6, 6.07) is 5.49. The smallest absolute Gasteiger partial charge is 0.322 e. The molecule has 0 aliphatic carbocycles. The summed E-state index contributed by atoms with van der Waals surface area (Å²) in [5.74, 6) is -1.01. The van der Waals surface area contributed by atoms with E-state index in [1.807, 2.05) is 0 Å². The van der Waals surface area contributed by atoms with Gasteiger partial charge in [-0.3, -0.25) is 14.9 Å². The largest absolute Gasteiger partial charge is 0.389 e. The predicted octanol–water partition coefficient (Wildman–Crippen LogP) is 0.619. The zero-order valence-corrected chi connectivity index (χ0v) is 11.8. The number of aliphatic hydroxyl groups is 1. The quantitative estimate of drug-likeness (QED) is 0.696. The third-order valence-electron chi connectivity index (χ3n) is 3.30. The van der Waals surface area contributed by atoms with Crippen LogP contribution in [0, 0.1) is 0 Å². The molecule has 7 nitrogen and oxygen atoms in total. The summed E-state index contributed by atoms with van der Waals surface area (Å²) in [5, 5.41) is 14.3. The van der Waals surface area contributed by atoms with E-state index in [2.05, 4.69) is 10.6 Å². The highest BCUT2D eigenvalue weighted by atomic mass is 16.3. The van der Waals surface area contributed by atoms with E-state index >= 15 is 0 Å². The molecular weight excluding hydrogens is 274 g/mol. The molecule has 2 rings (SSSR count). The van der Waals surface area contributed by atoms with Crippen LogP contribution in [0.4, 0.5) is 10.5 Å². The van der Waals surface area contributed by atoms with Gasteiger partial charge in [0.15, 0.2) is 0 Å². The van der Waals surface area contributed by atoms with Gasteiger partial charge in [-0.2, -0.15) is 0 Å². The fourth-order valence-corrected chi connectivity index (χ4v) is 2.03. The Morgan fingerprint density at radius 2 is 2.19 bits per heavy atom. The normalized spacial score (nSPS) is 20.0. The minimum atomic E-state index is -0.720. The number of nitrogens with one attached hydrogen (secondary N) is 2. The van der Waals surface area contributed by atoms with Crippen LogP contribution in [0.3, 0.4) is 0 Å². The Morgan fingerprint density at radius 1 is 1.48 bits per heavy atom. The van der Waals surface area contributed by atoms with Crippen molar-refractivity contribution in [2.24, 2.45) is 0 Å². The second-order valence-corrected chi connectivity index (χ2v) is 4.95. The third-order valence-corrected chi connectivity index (χ3v) is 3.30. The Morgan fingerprint density at radius 3 is 2.86 bits per heavy atom. The lowest BCUT2D eigenvalue weighted by molar-refractivity contribution is -0.137. The van der Waals surface area contributed by atoms with Crippen molar-refractivity contribution in [3.05, 3.63) is 29.8 Å². The van der Waals surface area contributed by atoms with Gasteiger partial charge in [0.2, 0.25) is 11.8 Å². The molecular formula is C14H17N3O4. The molecule has 1 saturated heterocycles. The van der Waals surface area contributed by atoms with Crippen molar-refractivity contribution in [3.8, 4) is 0 Å². The Balaban J connectivity index is 2.12. The van der Waals surface area contributed by atoms with Crippen LogP contribution < -0.4 is 10.6 Å². The van der Waals surface area contributed by atoms with Crippen molar-refractivity contribution in [1.29, 1.82) is 0 Å². The first-order valence-electron chi connectivity index (χ1n) is 6.58. The summed E-state index contributed by atoms with van der Waals surface area (Å²) in [6.45, 7) is 3.00. The summed E-state index contributed by atoms with van der Waals surface area (Å²) >= 11 is 0. The number of carbonyl (C=O) groups excluding carboxylic acids is 3. The van der Waals surface area contributed by atoms with E-state index in [0.29, 0.717) is 11.3 Å². The molecule has 1 aromatic carbocycles. The van der Waals surface area contributed by atoms with E-state index in [9.17, 15) is 19.5 Å². The first-order valence-corrected chi connectivity index (χ1v) is 6.58. The van der Waals surface area contributed by atoms with Crippen LogP contribution in [0.2, 0.25) is 0 Å². The highest BCUT2D eigenvalue weighted by Crippen LogP contribution is 2.18. The molecule has 7 heteroatoms. The van der Waals surface area contributed by atoms with Crippen molar-refractivity contribution in [1.82, 2.24) is 10.2 Å². The molecule has 0 spiro atoms. The van der Waals surface area contributed by atoms with E-state index in [1.54, 1.807) is 38.1 Å². The van der Waals surface area contributed by atoms with Crippen LogP contribution >= 0.6 is 0 Å². The maximum atomic E-state index is 12.2. The topological polar surface area (TPSA) is 98.7 Å². The summed E-state index contributed by atoms with van der Waals surface area (Å²) in [6.07, 6.45) is -0.650. The highest BCUT2D eigenvalue weighted by molar-refractivity contribution is 6.05. The maximum absolute atomic E-state index is 12.2. The van der Waals surface area contributed by atoms with Crippen LogP contribution in [0.25, 0.3) is 0 Å². The lowest BCUT2D eigenvalue weighted by Crippen LogP contribution is -2.59. The lowest BCUT2D eigenvalue weighted by atomic mass is 10.1. The molecule has 1 aliphatic heterocycles. The van der Waals surface area contributed by atoms with Gasteiger partial charge in [-0.15, -0.1) is 0 Å². The molecule has 0 bridgehead atoms. The number of nitrogens with zero attached hydrogens (tertiary/aromatic N) is 1. The molecule has 2 unspecified atom stereocenters. The summed E-state index contributed by atoms with van der Waals surface area (Å²) in [5.41, 5.74) is 1.15. The van der Waals surface area contributed by atoms with Gasteiger partial charge in [-0.25, -0.2) is 4.79 Å². The molecule has 112 valence electrons. The summed E-state index contributed by atoms with van der Waals surface area (Å²) in [7, 11) is 0. The maximum Gasteiger partial charge on any atom is 0.322 e. The van der Waals surface area contributed by atoms with Gasteiger partial charge in [-0.05, 0) is 31.5 Å². The van der Waals surface area contributed by atoms with Gasteiger partial charge in [-0.1, -0.05) is 12.1 Å². The number of piperazine rings is 1. The molecule has 1 aliphatic rings. The second-order valence-electron chi connectivity index (χ2n) is 4.95. The van der Waals surface area contributed by atoms with E-state index in [4.69, 9.17) is 0 Å². The number of aliphatic hydroxyl groups excluding tert-OH is 1. The number of amides is 4. The monoisotopic (exact) mass is 291 g/mol. The van der Waals surface area contributed by atoms with Crippen molar-refractivity contribution < 1.29 is 19.5 Å². The SMILES string of the molecule is CC(O)c1cccc(NC(=O)N2CC(=O)NC(=O)C2C)c1. The van der Waals surface area contributed by atoms with Crippen LogP contribution in [-0.4, -0.2) is 40.4 Å². The standard InChI is InChI=1S/C14H17N3O4/c1-8-13(20)16-12(19)7-17(8)14(21)15-11-5-3-4-10(6-11)9(2)18/h3-6,8-9,18H,7H2,1-2H3,(H,15,21)(H,16,19,20). The molecule has 1 aromatic rings. The predicted molar refractivity (Wildman–Crippen MR) is 75.4 cm³/mol. The number of imide groups is 1. The number of hydrogen-bond acceptors (Lipinski definition) is 4. The minimum Gasteiger partial charge on any atom is -0.389 e. The van der Waals surface area contributed by atoms with E-state index in [1.165, 1.54) is 0 Å². The molecule has 0 radical (unpaired) electrons. The summed E-state index contributed by atoms with van der Waals surface area (Å²) in [4.78, 5) is 36.2. The van der Waals surface area contributed by atoms with Gasteiger partial charge in [0.05, 0.1) is 6.10 Å². The first kappa shape index (κ1) is 15.0. The number of carbonyl (C=O) groups is 3. The number of rotatable bonds is 2. The van der Waals surface area contributed by atoms with Gasteiger partial charge in [0.25, 0.3) is 0 Å². The van der Waals surface area contributed by atoms with Gasteiger partial charge in [0.1, 0.15) is 12.6 Å². The van der Waals surface area contributed by atoms with Gasteiger partial charge in [0, 0.05) is 5.69 Å². The Hall–Kier alpha value is -2.41.